The first kappa shape index (κ1) is 8.66. The summed E-state index contributed by atoms with van der Waals surface area (Å²) in [5.41, 5.74) is 8.09. The van der Waals surface area contributed by atoms with Crippen molar-refractivity contribution in [2.75, 3.05) is 0 Å². The Balaban J connectivity index is 2.31. The van der Waals surface area contributed by atoms with Gasteiger partial charge in [-0.25, -0.2) is 0 Å². The Labute approximate surface area is 89.8 Å². The minimum Gasteiger partial charge on any atom is -0.261 e. The summed E-state index contributed by atoms with van der Waals surface area (Å²) in [6.45, 7) is 4.26. The third-order valence-corrected chi connectivity index (χ3v) is 3.38. The van der Waals surface area contributed by atoms with Gasteiger partial charge in [0, 0.05) is 17.5 Å². The number of aryl methyl sites for hydroxylation is 1. The highest BCUT2D eigenvalue weighted by molar-refractivity contribution is 5.77. The van der Waals surface area contributed by atoms with Gasteiger partial charge in [0.15, 0.2) is 0 Å². The molecule has 1 heterocycles. The van der Waals surface area contributed by atoms with Crippen LogP contribution in [0, 0.1) is 13.8 Å². The number of pyridine rings is 1. The first-order valence-electron chi connectivity index (χ1n) is 5.30. The lowest BCUT2D eigenvalue weighted by Crippen LogP contribution is -1.93. The van der Waals surface area contributed by atoms with Crippen molar-refractivity contribution in [2.24, 2.45) is 0 Å². The average molecular weight is 195 g/mol. The molecular weight excluding hydrogens is 182 g/mol. The number of benzene rings is 1. The van der Waals surface area contributed by atoms with Gasteiger partial charge in [-0.15, -0.1) is 0 Å². The molecule has 0 spiro atoms. The van der Waals surface area contributed by atoms with Gasteiger partial charge in [0.1, 0.15) is 0 Å². The van der Waals surface area contributed by atoms with Gasteiger partial charge in [-0.3, -0.25) is 4.98 Å². The van der Waals surface area contributed by atoms with Crippen molar-refractivity contribution < 1.29 is 0 Å². The fourth-order valence-corrected chi connectivity index (χ4v) is 2.34. The molecule has 15 heavy (non-hydrogen) atoms. The molecule has 0 bridgehead atoms. The molecule has 0 unspecified atom stereocenters. The van der Waals surface area contributed by atoms with Crippen molar-refractivity contribution in [1.82, 2.24) is 4.98 Å². The summed E-state index contributed by atoms with van der Waals surface area (Å²) in [5, 5.41) is 0. The fraction of sp³-hybridized carbons (Fsp3) is 0.214. The maximum Gasteiger partial charge on any atom is 0.0405 e. The van der Waals surface area contributed by atoms with Gasteiger partial charge in [-0.1, -0.05) is 24.3 Å². The van der Waals surface area contributed by atoms with Crippen LogP contribution in [0.25, 0.3) is 11.1 Å². The molecule has 0 amide bonds. The van der Waals surface area contributed by atoms with Gasteiger partial charge >= 0.3 is 0 Å². The van der Waals surface area contributed by atoms with Crippen LogP contribution in [-0.2, 0) is 6.42 Å². The summed E-state index contributed by atoms with van der Waals surface area (Å²) in [6.07, 6.45) is 3.09. The van der Waals surface area contributed by atoms with Crippen molar-refractivity contribution in [3.8, 4) is 11.1 Å². The topological polar surface area (TPSA) is 12.9 Å². The number of fused-ring (bicyclic) bond motifs is 3. The van der Waals surface area contributed by atoms with Crippen LogP contribution in [0.1, 0.15) is 22.4 Å². The second-order valence-corrected chi connectivity index (χ2v) is 4.19. The Kier molecular flexibility index (Phi) is 1.69. The summed E-state index contributed by atoms with van der Waals surface area (Å²) in [6, 6.07) is 8.62. The van der Waals surface area contributed by atoms with E-state index in [1.807, 2.05) is 6.20 Å². The molecule has 2 aromatic rings. The first-order valence-corrected chi connectivity index (χ1v) is 5.30. The molecule has 0 atom stereocenters. The highest BCUT2D eigenvalue weighted by Crippen LogP contribution is 2.37. The van der Waals surface area contributed by atoms with Crippen LogP contribution in [0.5, 0.6) is 0 Å². The highest BCUT2D eigenvalue weighted by Gasteiger charge is 2.20. The van der Waals surface area contributed by atoms with Gasteiger partial charge < -0.3 is 0 Å². The lowest BCUT2D eigenvalue weighted by molar-refractivity contribution is 1.10. The Hall–Kier alpha value is -1.63. The van der Waals surface area contributed by atoms with Crippen molar-refractivity contribution in [2.45, 2.75) is 20.3 Å². The molecule has 1 aliphatic rings. The van der Waals surface area contributed by atoms with Crippen LogP contribution in [0.3, 0.4) is 0 Å². The fourth-order valence-electron chi connectivity index (χ4n) is 2.34. The van der Waals surface area contributed by atoms with Crippen molar-refractivity contribution in [3.63, 3.8) is 0 Å². The molecule has 1 heteroatoms. The number of rotatable bonds is 0. The van der Waals surface area contributed by atoms with Gasteiger partial charge in [0.25, 0.3) is 0 Å². The average Bonchev–Trinajstić information content (AvgIpc) is 2.63. The zero-order valence-electron chi connectivity index (χ0n) is 9.04. The third kappa shape index (κ3) is 1.13. The maximum absolute atomic E-state index is 4.45. The van der Waals surface area contributed by atoms with Gasteiger partial charge in [0.2, 0.25) is 0 Å². The molecule has 3 rings (SSSR count). The van der Waals surface area contributed by atoms with Crippen LogP contribution in [0.2, 0.25) is 0 Å². The molecular formula is C14H13N. The molecule has 0 N–H and O–H groups in total. The van der Waals surface area contributed by atoms with E-state index in [-0.39, 0.29) is 0 Å². The molecule has 0 saturated carbocycles. The van der Waals surface area contributed by atoms with Crippen LogP contribution in [-0.4, -0.2) is 4.98 Å². The Morgan fingerprint density at radius 2 is 1.87 bits per heavy atom. The number of hydrogen-bond donors (Lipinski definition) is 0. The highest BCUT2D eigenvalue weighted by atomic mass is 14.7. The third-order valence-electron chi connectivity index (χ3n) is 3.38. The van der Waals surface area contributed by atoms with Crippen molar-refractivity contribution >= 4 is 0 Å². The van der Waals surface area contributed by atoms with E-state index in [0.29, 0.717) is 0 Å². The minimum atomic E-state index is 1.07. The molecule has 0 radical (unpaired) electrons. The van der Waals surface area contributed by atoms with E-state index in [1.165, 1.54) is 27.8 Å². The summed E-state index contributed by atoms with van der Waals surface area (Å²) in [4.78, 5) is 4.45. The number of nitrogens with zero attached hydrogens (tertiary/aromatic N) is 1. The van der Waals surface area contributed by atoms with E-state index >= 15 is 0 Å². The summed E-state index contributed by atoms with van der Waals surface area (Å²) in [5.74, 6) is 0. The second kappa shape index (κ2) is 2.93. The van der Waals surface area contributed by atoms with Crippen LogP contribution >= 0.6 is 0 Å². The first-order chi connectivity index (χ1) is 7.27. The molecule has 1 aliphatic carbocycles. The van der Waals surface area contributed by atoms with Crippen LogP contribution in [0.4, 0.5) is 0 Å². The molecule has 1 aromatic carbocycles. The molecule has 0 fully saturated rings. The van der Waals surface area contributed by atoms with E-state index in [9.17, 15) is 0 Å². The zero-order chi connectivity index (χ0) is 10.4. The molecule has 1 aromatic heterocycles. The van der Waals surface area contributed by atoms with Crippen LogP contribution in [0.15, 0.2) is 30.5 Å². The van der Waals surface area contributed by atoms with E-state index in [2.05, 4.69) is 43.1 Å². The summed E-state index contributed by atoms with van der Waals surface area (Å²) >= 11 is 0. The SMILES string of the molecule is Cc1ncc2c(c1C)Cc1ccccc1-2. The summed E-state index contributed by atoms with van der Waals surface area (Å²) in [7, 11) is 0. The monoisotopic (exact) mass is 195 g/mol. The standard InChI is InChI=1S/C14H13N/c1-9-10(2)15-8-14-12-6-4-3-5-11(12)7-13(9)14/h3-6,8H,7H2,1-2H3. The number of hydrogen-bond acceptors (Lipinski definition) is 1. The smallest absolute Gasteiger partial charge is 0.0405 e. The predicted molar refractivity (Wildman–Crippen MR) is 62.0 cm³/mol. The molecule has 0 aliphatic heterocycles. The lowest BCUT2D eigenvalue weighted by Gasteiger charge is -2.05. The lowest BCUT2D eigenvalue weighted by atomic mass is 10.0. The quantitative estimate of drug-likeness (QED) is 0.536. The largest absolute Gasteiger partial charge is 0.261 e. The van der Waals surface area contributed by atoms with Crippen LogP contribution < -0.4 is 0 Å². The molecule has 74 valence electrons. The van der Waals surface area contributed by atoms with Gasteiger partial charge in [0.05, 0.1) is 0 Å². The molecule has 1 nitrogen and oxygen atoms in total. The van der Waals surface area contributed by atoms with E-state index in [0.717, 1.165) is 12.1 Å². The molecule has 0 saturated heterocycles. The zero-order valence-corrected chi connectivity index (χ0v) is 9.04. The Bertz CT molecular complexity index is 541. The second-order valence-electron chi connectivity index (χ2n) is 4.19. The van der Waals surface area contributed by atoms with Gasteiger partial charge in [-0.2, -0.15) is 0 Å². The van der Waals surface area contributed by atoms with Crippen molar-refractivity contribution in [3.05, 3.63) is 52.8 Å². The minimum absolute atomic E-state index is 1.07. The predicted octanol–water partition coefficient (Wildman–Crippen LogP) is 3.27. The van der Waals surface area contributed by atoms with E-state index in [1.54, 1.807) is 0 Å². The van der Waals surface area contributed by atoms with E-state index < -0.39 is 0 Å². The van der Waals surface area contributed by atoms with Gasteiger partial charge in [-0.05, 0) is 42.5 Å². The maximum atomic E-state index is 4.45. The van der Waals surface area contributed by atoms with E-state index in [4.69, 9.17) is 0 Å². The Morgan fingerprint density at radius 3 is 2.73 bits per heavy atom. The summed E-state index contributed by atoms with van der Waals surface area (Å²) < 4.78 is 0. The number of aromatic nitrogens is 1. The Morgan fingerprint density at radius 1 is 1.07 bits per heavy atom. The normalized spacial score (nSPS) is 12.4. The van der Waals surface area contributed by atoms with Crippen molar-refractivity contribution in [1.29, 1.82) is 0 Å².